The van der Waals surface area contributed by atoms with Crippen LogP contribution in [0, 0.1) is 5.92 Å². The molecule has 0 amide bonds. The minimum Gasteiger partial charge on any atom is -0.459 e. The standard InChI is InChI=1S/C14H28O2/c1-6-10-14(9-4,11-7-2)16-13(15)12(5)8-3/h12H,6-11H2,1-5H3. The van der Waals surface area contributed by atoms with Crippen molar-refractivity contribution >= 4 is 5.97 Å². The predicted octanol–water partition coefficient (Wildman–Crippen LogP) is 4.32. The molecule has 0 aromatic rings. The highest BCUT2D eigenvalue weighted by Crippen LogP contribution is 2.29. The van der Waals surface area contributed by atoms with E-state index in [-0.39, 0.29) is 17.5 Å². The van der Waals surface area contributed by atoms with Gasteiger partial charge in [0.1, 0.15) is 5.60 Å². The van der Waals surface area contributed by atoms with E-state index in [0.29, 0.717) is 0 Å². The lowest BCUT2D eigenvalue weighted by Crippen LogP contribution is -2.36. The molecule has 0 aromatic heterocycles. The predicted molar refractivity (Wildman–Crippen MR) is 68.4 cm³/mol. The van der Waals surface area contributed by atoms with E-state index in [9.17, 15) is 4.79 Å². The highest BCUT2D eigenvalue weighted by molar-refractivity contribution is 5.72. The summed E-state index contributed by atoms with van der Waals surface area (Å²) in [6, 6.07) is 0. The van der Waals surface area contributed by atoms with Crippen LogP contribution in [0.3, 0.4) is 0 Å². The Bertz CT molecular complexity index is 193. The third kappa shape index (κ3) is 4.54. The van der Waals surface area contributed by atoms with Gasteiger partial charge in [-0.05, 0) is 25.7 Å². The summed E-state index contributed by atoms with van der Waals surface area (Å²) in [5.74, 6) is 0.00545. The highest BCUT2D eigenvalue weighted by Gasteiger charge is 2.31. The number of rotatable bonds is 8. The molecule has 0 radical (unpaired) electrons. The van der Waals surface area contributed by atoms with E-state index < -0.39 is 0 Å². The minimum atomic E-state index is -0.204. The third-order valence-corrected chi connectivity index (χ3v) is 3.39. The van der Waals surface area contributed by atoms with E-state index >= 15 is 0 Å². The van der Waals surface area contributed by atoms with Gasteiger partial charge in [0, 0.05) is 0 Å². The van der Waals surface area contributed by atoms with Crippen LogP contribution in [0.4, 0.5) is 0 Å². The molecule has 0 aliphatic heterocycles. The average Bonchev–Trinajstić information content (AvgIpc) is 2.28. The number of esters is 1. The van der Waals surface area contributed by atoms with Gasteiger partial charge >= 0.3 is 5.97 Å². The van der Waals surface area contributed by atoms with Gasteiger partial charge in [0.25, 0.3) is 0 Å². The van der Waals surface area contributed by atoms with Gasteiger partial charge in [0.2, 0.25) is 0 Å². The maximum Gasteiger partial charge on any atom is 0.309 e. The monoisotopic (exact) mass is 228 g/mol. The first-order valence-electron chi connectivity index (χ1n) is 6.78. The van der Waals surface area contributed by atoms with Crippen molar-refractivity contribution in [2.75, 3.05) is 0 Å². The number of hydrogen-bond acceptors (Lipinski definition) is 2. The number of ether oxygens (including phenoxy) is 1. The number of carbonyl (C=O) groups excluding carboxylic acids is 1. The molecule has 0 aliphatic carbocycles. The van der Waals surface area contributed by atoms with Crippen molar-refractivity contribution in [3.05, 3.63) is 0 Å². The molecule has 0 spiro atoms. The van der Waals surface area contributed by atoms with Crippen LogP contribution in [0.15, 0.2) is 0 Å². The second-order valence-corrected chi connectivity index (χ2v) is 4.77. The quantitative estimate of drug-likeness (QED) is 0.578. The van der Waals surface area contributed by atoms with Crippen LogP contribution in [-0.2, 0) is 9.53 Å². The Morgan fingerprint density at radius 2 is 1.62 bits per heavy atom. The van der Waals surface area contributed by atoms with Gasteiger partial charge in [0.15, 0.2) is 0 Å². The first-order valence-corrected chi connectivity index (χ1v) is 6.78. The summed E-state index contributed by atoms with van der Waals surface area (Å²) in [5, 5.41) is 0. The van der Waals surface area contributed by atoms with Gasteiger partial charge in [-0.3, -0.25) is 4.79 Å². The first kappa shape index (κ1) is 15.5. The van der Waals surface area contributed by atoms with Crippen molar-refractivity contribution < 1.29 is 9.53 Å². The normalized spacial score (nSPS) is 13.6. The third-order valence-electron chi connectivity index (χ3n) is 3.39. The SMILES string of the molecule is CCCC(CC)(CCC)OC(=O)C(C)CC. The van der Waals surface area contributed by atoms with Crippen LogP contribution in [0.1, 0.15) is 73.1 Å². The second kappa shape index (κ2) is 7.70. The minimum absolute atomic E-state index is 0.0220. The summed E-state index contributed by atoms with van der Waals surface area (Å²) in [4.78, 5) is 11.9. The molecule has 0 saturated carbocycles. The fraction of sp³-hybridized carbons (Fsp3) is 0.929. The largest absolute Gasteiger partial charge is 0.459 e. The van der Waals surface area contributed by atoms with E-state index in [1.165, 1.54) is 0 Å². The molecule has 96 valence electrons. The Labute approximate surface area is 101 Å². The molecule has 1 unspecified atom stereocenters. The summed E-state index contributed by atoms with van der Waals surface area (Å²) < 4.78 is 5.78. The van der Waals surface area contributed by atoms with Crippen LogP contribution < -0.4 is 0 Å². The van der Waals surface area contributed by atoms with Crippen molar-refractivity contribution in [1.82, 2.24) is 0 Å². The molecule has 0 aliphatic rings. The van der Waals surface area contributed by atoms with Gasteiger partial charge in [-0.1, -0.05) is 47.5 Å². The van der Waals surface area contributed by atoms with Crippen LogP contribution in [0.25, 0.3) is 0 Å². The van der Waals surface area contributed by atoms with Crippen LogP contribution >= 0.6 is 0 Å². The van der Waals surface area contributed by atoms with E-state index in [0.717, 1.165) is 38.5 Å². The van der Waals surface area contributed by atoms with Crippen molar-refractivity contribution in [3.8, 4) is 0 Å². The van der Waals surface area contributed by atoms with Gasteiger partial charge in [-0.15, -0.1) is 0 Å². The van der Waals surface area contributed by atoms with E-state index in [1.807, 2.05) is 13.8 Å². The molecule has 0 aromatic carbocycles. The number of hydrogen-bond donors (Lipinski definition) is 0. The molecular formula is C14H28O2. The zero-order chi connectivity index (χ0) is 12.6. The second-order valence-electron chi connectivity index (χ2n) is 4.77. The molecule has 0 N–H and O–H groups in total. The van der Waals surface area contributed by atoms with Crippen LogP contribution in [0.5, 0.6) is 0 Å². The van der Waals surface area contributed by atoms with Crippen molar-refractivity contribution in [2.24, 2.45) is 5.92 Å². The summed E-state index contributed by atoms with van der Waals surface area (Å²) in [7, 11) is 0. The average molecular weight is 228 g/mol. The Hall–Kier alpha value is -0.530. The Balaban J connectivity index is 4.56. The zero-order valence-corrected chi connectivity index (χ0v) is 11.6. The molecule has 2 heteroatoms. The lowest BCUT2D eigenvalue weighted by Gasteiger charge is -2.33. The van der Waals surface area contributed by atoms with Crippen LogP contribution in [-0.4, -0.2) is 11.6 Å². The number of carbonyl (C=O) groups is 1. The highest BCUT2D eigenvalue weighted by atomic mass is 16.6. The summed E-state index contributed by atoms with van der Waals surface area (Å²) in [6.45, 7) is 10.4. The fourth-order valence-corrected chi connectivity index (χ4v) is 2.04. The molecule has 1 atom stereocenters. The summed E-state index contributed by atoms with van der Waals surface area (Å²) in [5.41, 5.74) is -0.204. The lowest BCUT2D eigenvalue weighted by atomic mass is 9.89. The van der Waals surface area contributed by atoms with Crippen molar-refractivity contribution in [2.45, 2.75) is 78.7 Å². The molecule has 0 heterocycles. The summed E-state index contributed by atoms with van der Waals surface area (Å²) in [6.07, 6.45) is 5.90. The van der Waals surface area contributed by atoms with E-state index in [1.54, 1.807) is 0 Å². The van der Waals surface area contributed by atoms with Gasteiger partial charge in [-0.25, -0.2) is 0 Å². The molecular weight excluding hydrogens is 200 g/mol. The topological polar surface area (TPSA) is 26.3 Å². The molecule has 0 fully saturated rings. The first-order chi connectivity index (χ1) is 7.55. The van der Waals surface area contributed by atoms with Crippen molar-refractivity contribution in [1.29, 1.82) is 0 Å². The lowest BCUT2D eigenvalue weighted by molar-refractivity contribution is -0.166. The smallest absolute Gasteiger partial charge is 0.309 e. The molecule has 2 nitrogen and oxygen atoms in total. The molecule has 0 bridgehead atoms. The Morgan fingerprint density at radius 1 is 1.12 bits per heavy atom. The molecule has 16 heavy (non-hydrogen) atoms. The van der Waals surface area contributed by atoms with E-state index in [2.05, 4.69) is 20.8 Å². The van der Waals surface area contributed by atoms with Gasteiger partial charge in [-0.2, -0.15) is 0 Å². The maximum atomic E-state index is 11.9. The fourth-order valence-electron chi connectivity index (χ4n) is 2.04. The molecule has 0 saturated heterocycles. The Morgan fingerprint density at radius 3 is 1.94 bits per heavy atom. The van der Waals surface area contributed by atoms with Crippen molar-refractivity contribution in [3.63, 3.8) is 0 Å². The van der Waals surface area contributed by atoms with Gasteiger partial charge in [0.05, 0.1) is 5.92 Å². The van der Waals surface area contributed by atoms with Crippen LogP contribution in [0.2, 0.25) is 0 Å². The molecule has 0 rings (SSSR count). The Kier molecular flexibility index (Phi) is 7.44. The van der Waals surface area contributed by atoms with E-state index in [4.69, 9.17) is 4.74 Å². The summed E-state index contributed by atoms with van der Waals surface area (Å²) >= 11 is 0. The zero-order valence-electron chi connectivity index (χ0n) is 11.6. The van der Waals surface area contributed by atoms with Gasteiger partial charge < -0.3 is 4.74 Å². The maximum absolute atomic E-state index is 11.9.